The first-order valence-corrected chi connectivity index (χ1v) is 6.99. The minimum atomic E-state index is -0.449. The molecule has 0 aromatic rings. The molecule has 1 rings (SSSR count). The summed E-state index contributed by atoms with van der Waals surface area (Å²) in [5.74, 6) is 1.63. The molecule has 0 heterocycles. The van der Waals surface area contributed by atoms with Gasteiger partial charge in [0.15, 0.2) is 0 Å². The summed E-state index contributed by atoms with van der Waals surface area (Å²) in [6.45, 7) is 9.89. The normalized spacial score (nSPS) is 25.6. The van der Waals surface area contributed by atoms with E-state index in [4.69, 9.17) is 0 Å². The molecule has 0 aromatic heterocycles. The smallest absolute Gasteiger partial charge is 0.239 e. The number of amides is 1. The van der Waals surface area contributed by atoms with Crippen molar-refractivity contribution in [1.82, 2.24) is 10.6 Å². The molecule has 2 unspecified atom stereocenters. The molecule has 2 N–H and O–H groups in total. The van der Waals surface area contributed by atoms with Crippen molar-refractivity contribution in [3.63, 3.8) is 0 Å². The van der Waals surface area contributed by atoms with Crippen molar-refractivity contribution < 1.29 is 4.79 Å². The Hall–Kier alpha value is -0.570. The first-order chi connectivity index (χ1) is 7.95. The van der Waals surface area contributed by atoms with Crippen molar-refractivity contribution in [2.24, 2.45) is 11.8 Å². The molecule has 1 saturated carbocycles. The van der Waals surface area contributed by atoms with Crippen LogP contribution in [0.3, 0.4) is 0 Å². The number of rotatable bonds is 5. The van der Waals surface area contributed by atoms with Crippen LogP contribution in [0.15, 0.2) is 0 Å². The van der Waals surface area contributed by atoms with Crippen molar-refractivity contribution in [3.8, 4) is 0 Å². The molecule has 1 fully saturated rings. The van der Waals surface area contributed by atoms with E-state index in [0.717, 1.165) is 19.0 Å². The Morgan fingerprint density at radius 1 is 1.35 bits per heavy atom. The Labute approximate surface area is 106 Å². The van der Waals surface area contributed by atoms with Gasteiger partial charge in [-0.3, -0.25) is 4.79 Å². The van der Waals surface area contributed by atoms with Crippen LogP contribution in [0.5, 0.6) is 0 Å². The lowest BCUT2D eigenvalue weighted by molar-refractivity contribution is -0.126. The van der Waals surface area contributed by atoms with Gasteiger partial charge in [-0.2, -0.15) is 0 Å². The van der Waals surface area contributed by atoms with Gasteiger partial charge < -0.3 is 10.6 Å². The number of hydrogen-bond donors (Lipinski definition) is 2. The Balaban J connectivity index is 2.32. The van der Waals surface area contributed by atoms with E-state index in [-0.39, 0.29) is 5.91 Å². The van der Waals surface area contributed by atoms with E-state index in [0.29, 0.717) is 5.92 Å². The van der Waals surface area contributed by atoms with Gasteiger partial charge in [-0.15, -0.1) is 0 Å². The number of likely N-dealkylation sites (N-methyl/N-ethyl adjacent to an activating group) is 1. The predicted octanol–water partition coefficient (Wildman–Crippen LogP) is 2.32. The van der Waals surface area contributed by atoms with E-state index in [2.05, 4.69) is 17.6 Å². The van der Waals surface area contributed by atoms with Crippen LogP contribution in [0.1, 0.15) is 53.4 Å². The average Bonchev–Trinajstić information content (AvgIpc) is 2.26. The van der Waals surface area contributed by atoms with Crippen LogP contribution in [0.4, 0.5) is 0 Å². The fourth-order valence-electron chi connectivity index (χ4n) is 2.73. The molecule has 2 atom stereocenters. The van der Waals surface area contributed by atoms with Gasteiger partial charge in [0.05, 0.1) is 5.54 Å². The van der Waals surface area contributed by atoms with Crippen LogP contribution in [-0.4, -0.2) is 24.5 Å². The van der Waals surface area contributed by atoms with Gasteiger partial charge in [0.2, 0.25) is 5.91 Å². The summed E-state index contributed by atoms with van der Waals surface area (Å²) in [5, 5.41) is 6.30. The summed E-state index contributed by atoms with van der Waals surface area (Å²) in [6, 6.07) is 0. The van der Waals surface area contributed by atoms with Crippen LogP contribution >= 0.6 is 0 Å². The van der Waals surface area contributed by atoms with E-state index in [1.807, 2.05) is 20.8 Å². The number of hydrogen-bond acceptors (Lipinski definition) is 2. The second-order valence-corrected chi connectivity index (χ2v) is 6.00. The number of nitrogens with one attached hydrogen (secondary N) is 2. The largest absolute Gasteiger partial charge is 0.354 e. The third kappa shape index (κ3) is 4.66. The summed E-state index contributed by atoms with van der Waals surface area (Å²) in [5.41, 5.74) is -0.449. The minimum absolute atomic E-state index is 0.123. The molecule has 0 spiro atoms. The summed E-state index contributed by atoms with van der Waals surface area (Å²) in [7, 11) is 0. The van der Waals surface area contributed by atoms with Gasteiger partial charge in [-0.1, -0.05) is 26.7 Å². The van der Waals surface area contributed by atoms with Crippen molar-refractivity contribution in [2.75, 3.05) is 13.1 Å². The van der Waals surface area contributed by atoms with E-state index in [9.17, 15) is 4.79 Å². The zero-order chi connectivity index (χ0) is 12.9. The highest BCUT2D eigenvalue weighted by Crippen LogP contribution is 2.27. The molecule has 100 valence electrons. The van der Waals surface area contributed by atoms with Crippen molar-refractivity contribution in [1.29, 1.82) is 0 Å². The topological polar surface area (TPSA) is 41.1 Å². The standard InChI is InChI=1S/C14H28N2O/c1-5-16-14(3,4)13(17)15-10-12-8-6-7-11(2)9-12/h11-12,16H,5-10H2,1-4H3,(H,15,17). The maximum absolute atomic E-state index is 12.0. The lowest BCUT2D eigenvalue weighted by Crippen LogP contribution is -2.53. The second kappa shape index (κ2) is 6.39. The SMILES string of the molecule is CCNC(C)(C)C(=O)NCC1CCCC(C)C1. The molecule has 0 radical (unpaired) electrons. The minimum Gasteiger partial charge on any atom is -0.354 e. The van der Waals surface area contributed by atoms with Crippen LogP contribution in [0, 0.1) is 11.8 Å². The maximum Gasteiger partial charge on any atom is 0.239 e. The molecule has 0 saturated heterocycles. The van der Waals surface area contributed by atoms with Crippen LogP contribution < -0.4 is 10.6 Å². The molecule has 3 nitrogen and oxygen atoms in total. The molecule has 0 aromatic carbocycles. The fraction of sp³-hybridized carbons (Fsp3) is 0.929. The molecule has 1 aliphatic rings. The Kier molecular flexibility index (Phi) is 5.44. The highest BCUT2D eigenvalue weighted by molar-refractivity contribution is 5.85. The predicted molar refractivity (Wildman–Crippen MR) is 71.9 cm³/mol. The van der Waals surface area contributed by atoms with E-state index < -0.39 is 5.54 Å². The van der Waals surface area contributed by atoms with Crippen LogP contribution in [0.2, 0.25) is 0 Å². The molecular weight excluding hydrogens is 212 g/mol. The van der Waals surface area contributed by atoms with Gasteiger partial charge in [0.25, 0.3) is 0 Å². The number of carbonyl (C=O) groups excluding carboxylic acids is 1. The lowest BCUT2D eigenvalue weighted by Gasteiger charge is -2.29. The third-order valence-corrected chi connectivity index (χ3v) is 3.78. The fourth-order valence-corrected chi connectivity index (χ4v) is 2.73. The zero-order valence-corrected chi connectivity index (χ0v) is 11.8. The zero-order valence-electron chi connectivity index (χ0n) is 11.8. The quantitative estimate of drug-likeness (QED) is 0.774. The Bertz CT molecular complexity index is 251. The van der Waals surface area contributed by atoms with E-state index in [1.54, 1.807) is 0 Å². The van der Waals surface area contributed by atoms with Crippen LogP contribution in [0.25, 0.3) is 0 Å². The first kappa shape index (κ1) is 14.5. The molecule has 1 amide bonds. The third-order valence-electron chi connectivity index (χ3n) is 3.78. The Morgan fingerprint density at radius 3 is 2.65 bits per heavy atom. The summed E-state index contributed by atoms with van der Waals surface area (Å²) in [4.78, 5) is 12.0. The molecule has 1 aliphatic carbocycles. The molecular formula is C14H28N2O. The lowest BCUT2D eigenvalue weighted by atomic mass is 9.82. The van der Waals surface area contributed by atoms with Gasteiger partial charge in [-0.25, -0.2) is 0 Å². The monoisotopic (exact) mass is 240 g/mol. The van der Waals surface area contributed by atoms with E-state index in [1.165, 1.54) is 25.7 Å². The highest BCUT2D eigenvalue weighted by Gasteiger charge is 2.27. The molecule has 0 aliphatic heterocycles. The number of carbonyl (C=O) groups is 1. The van der Waals surface area contributed by atoms with Gasteiger partial charge in [0.1, 0.15) is 0 Å². The summed E-state index contributed by atoms with van der Waals surface area (Å²) >= 11 is 0. The average molecular weight is 240 g/mol. The molecule has 17 heavy (non-hydrogen) atoms. The summed E-state index contributed by atoms with van der Waals surface area (Å²) < 4.78 is 0. The van der Waals surface area contributed by atoms with Crippen molar-refractivity contribution in [2.45, 2.75) is 58.9 Å². The van der Waals surface area contributed by atoms with Crippen molar-refractivity contribution in [3.05, 3.63) is 0 Å². The summed E-state index contributed by atoms with van der Waals surface area (Å²) in [6.07, 6.45) is 5.21. The second-order valence-electron chi connectivity index (χ2n) is 6.00. The van der Waals surface area contributed by atoms with Crippen molar-refractivity contribution >= 4 is 5.91 Å². The first-order valence-electron chi connectivity index (χ1n) is 6.99. The maximum atomic E-state index is 12.0. The molecule has 0 bridgehead atoms. The van der Waals surface area contributed by atoms with Gasteiger partial charge >= 0.3 is 0 Å². The molecule has 3 heteroatoms. The Morgan fingerprint density at radius 2 is 2.06 bits per heavy atom. The highest BCUT2D eigenvalue weighted by atomic mass is 16.2. The van der Waals surface area contributed by atoms with E-state index >= 15 is 0 Å². The van der Waals surface area contributed by atoms with Crippen LogP contribution in [-0.2, 0) is 4.79 Å². The van der Waals surface area contributed by atoms with Gasteiger partial charge in [0, 0.05) is 6.54 Å². The van der Waals surface area contributed by atoms with Gasteiger partial charge in [-0.05, 0) is 45.1 Å².